The van der Waals surface area contributed by atoms with Gasteiger partial charge in [-0.15, -0.1) is 21.5 Å². The summed E-state index contributed by atoms with van der Waals surface area (Å²) in [4.78, 5) is 14.3. The quantitative estimate of drug-likeness (QED) is 0.232. The predicted octanol–water partition coefficient (Wildman–Crippen LogP) is 6.87. The first-order valence-electron chi connectivity index (χ1n) is 11.0. The Morgan fingerprint density at radius 3 is 2.64 bits per heavy atom. The Kier molecular flexibility index (Phi) is 6.50. The van der Waals surface area contributed by atoms with Crippen molar-refractivity contribution in [3.05, 3.63) is 82.0 Å². The molecule has 184 valence electrons. The van der Waals surface area contributed by atoms with E-state index >= 15 is 0 Å². The number of aromatic nitrogens is 3. The van der Waals surface area contributed by atoms with Crippen molar-refractivity contribution in [3.63, 3.8) is 0 Å². The molecule has 11 heteroatoms. The van der Waals surface area contributed by atoms with Gasteiger partial charge in [0.1, 0.15) is 10.6 Å². The molecule has 0 saturated heterocycles. The smallest absolute Gasteiger partial charge is 0.257 e. The molecule has 2 aromatic carbocycles. The molecule has 7 nitrogen and oxygen atoms in total. The minimum atomic E-state index is -0.823. The van der Waals surface area contributed by atoms with Gasteiger partial charge in [0.2, 0.25) is 5.89 Å². The molecule has 0 aliphatic carbocycles. The summed E-state index contributed by atoms with van der Waals surface area (Å²) in [6, 6.07) is 10.2. The Morgan fingerprint density at radius 1 is 1.11 bits per heavy atom. The summed E-state index contributed by atoms with van der Waals surface area (Å²) < 4.78 is 44.4. The summed E-state index contributed by atoms with van der Waals surface area (Å²) in [5, 5.41) is 8.44. The van der Waals surface area contributed by atoms with Gasteiger partial charge in [-0.25, -0.2) is 8.78 Å². The van der Waals surface area contributed by atoms with Crippen molar-refractivity contribution in [1.82, 2.24) is 14.8 Å². The molecule has 0 spiro atoms. The lowest BCUT2D eigenvalue weighted by Crippen LogP contribution is -2.10. The van der Waals surface area contributed by atoms with Crippen molar-refractivity contribution in [2.45, 2.75) is 20.8 Å². The van der Waals surface area contributed by atoms with E-state index in [9.17, 15) is 13.6 Å². The molecular formula is C25H20F2N4O3S2. The van der Waals surface area contributed by atoms with Gasteiger partial charge >= 0.3 is 0 Å². The fraction of sp³-hybridized carbons (Fsp3) is 0.160. The van der Waals surface area contributed by atoms with Crippen molar-refractivity contribution >= 4 is 39.2 Å². The third-order valence-electron chi connectivity index (χ3n) is 5.26. The minimum absolute atomic E-state index is 0.122. The molecule has 0 atom stereocenters. The minimum Gasteiger partial charge on any atom is -0.452 e. The molecule has 0 amide bonds. The monoisotopic (exact) mass is 526 g/mol. The summed E-state index contributed by atoms with van der Waals surface area (Å²) >= 11 is 2.83. The number of nitrogens with zero attached hydrogens (tertiary/aromatic N) is 3. The van der Waals surface area contributed by atoms with Crippen LogP contribution in [0.1, 0.15) is 18.4 Å². The van der Waals surface area contributed by atoms with Crippen molar-refractivity contribution < 1.29 is 17.9 Å². The van der Waals surface area contributed by atoms with Crippen molar-refractivity contribution in [3.8, 4) is 28.0 Å². The number of hydrogen-bond acceptors (Lipinski definition) is 8. The van der Waals surface area contributed by atoms with Gasteiger partial charge in [-0.1, -0.05) is 18.9 Å². The van der Waals surface area contributed by atoms with Gasteiger partial charge in [0, 0.05) is 36.2 Å². The van der Waals surface area contributed by atoms with Crippen molar-refractivity contribution in [2.75, 3.05) is 10.5 Å². The maximum absolute atomic E-state index is 14.4. The van der Waals surface area contributed by atoms with E-state index in [1.165, 1.54) is 29.4 Å². The summed E-state index contributed by atoms with van der Waals surface area (Å²) in [7, 11) is 0. The third-order valence-corrected chi connectivity index (χ3v) is 7.05. The highest BCUT2D eigenvalue weighted by Crippen LogP contribution is 2.38. The van der Waals surface area contributed by atoms with E-state index in [4.69, 9.17) is 9.15 Å². The highest BCUT2D eigenvalue weighted by atomic mass is 32.2. The zero-order valence-electron chi connectivity index (χ0n) is 19.5. The molecule has 5 rings (SSSR count). The molecule has 0 radical (unpaired) electrons. The SMILES string of the molecule is CCSNc1ccc(Oc2ccc(F)cc2F)c(-n2cc(C)c(=O)c3cc(-c4nnc(C)o4)sc32)c1. The molecular weight excluding hydrogens is 506 g/mol. The van der Waals surface area contributed by atoms with E-state index in [1.54, 1.807) is 38.2 Å². The number of pyridine rings is 1. The molecule has 0 aliphatic rings. The molecule has 1 N–H and O–H groups in total. The number of fused-ring (bicyclic) bond motifs is 1. The molecule has 3 aromatic heterocycles. The van der Waals surface area contributed by atoms with Crippen LogP contribution in [0.15, 0.2) is 57.9 Å². The average molecular weight is 527 g/mol. The maximum Gasteiger partial charge on any atom is 0.257 e. The molecule has 0 bridgehead atoms. The molecule has 0 unspecified atom stereocenters. The van der Waals surface area contributed by atoms with E-state index < -0.39 is 11.6 Å². The Balaban J connectivity index is 1.71. The molecule has 0 aliphatic heterocycles. The number of nitrogens with one attached hydrogen (secondary N) is 1. The first-order chi connectivity index (χ1) is 17.3. The number of aryl methyl sites for hydroxylation is 2. The Labute approximate surface area is 212 Å². The second kappa shape index (κ2) is 9.75. The van der Waals surface area contributed by atoms with Crippen LogP contribution in [0, 0.1) is 25.5 Å². The number of hydrogen-bond donors (Lipinski definition) is 1. The van der Waals surface area contributed by atoms with Gasteiger partial charge in [0.05, 0.1) is 16.0 Å². The van der Waals surface area contributed by atoms with Gasteiger partial charge in [-0.3, -0.25) is 4.79 Å². The molecule has 0 saturated carbocycles. The topological polar surface area (TPSA) is 82.2 Å². The lowest BCUT2D eigenvalue weighted by atomic mass is 10.2. The van der Waals surface area contributed by atoms with E-state index in [1.807, 2.05) is 17.6 Å². The van der Waals surface area contributed by atoms with Gasteiger partial charge in [-0.05, 0) is 43.3 Å². The van der Waals surface area contributed by atoms with Crippen LogP contribution in [0.4, 0.5) is 14.5 Å². The molecule has 0 fully saturated rings. The zero-order chi connectivity index (χ0) is 25.4. The van der Waals surface area contributed by atoms with Crippen LogP contribution in [0.3, 0.4) is 0 Å². The fourth-order valence-electron chi connectivity index (χ4n) is 3.61. The number of ether oxygens (including phenoxy) is 1. The van der Waals surface area contributed by atoms with Gasteiger partial charge in [-0.2, -0.15) is 0 Å². The number of halogens is 2. The predicted molar refractivity (Wildman–Crippen MR) is 138 cm³/mol. The van der Waals surface area contributed by atoms with Crippen LogP contribution < -0.4 is 14.9 Å². The van der Waals surface area contributed by atoms with Gasteiger partial charge in [0.15, 0.2) is 22.7 Å². The first-order valence-corrected chi connectivity index (χ1v) is 12.8. The standard InChI is InChI=1S/C25H20F2N4O3S2/c1-4-35-30-16-6-8-21(34-20-7-5-15(26)9-18(20)27)19(10-16)31-12-13(2)23(32)17-11-22(36-25(17)31)24-29-28-14(3)33-24/h5-12,30H,4H2,1-3H3. The van der Waals surface area contributed by atoms with E-state index in [0.717, 1.165) is 23.6 Å². The summed E-state index contributed by atoms with van der Waals surface area (Å²) in [6.07, 6.45) is 1.71. The Morgan fingerprint density at radius 2 is 1.92 bits per heavy atom. The van der Waals surface area contributed by atoms with Crippen LogP contribution in [0.5, 0.6) is 11.5 Å². The molecule has 3 heterocycles. The van der Waals surface area contributed by atoms with Crippen molar-refractivity contribution in [2.24, 2.45) is 0 Å². The summed E-state index contributed by atoms with van der Waals surface area (Å²) in [5.74, 6) is 0.250. The maximum atomic E-state index is 14.4. The fourth-order valence-corrected chi connectivity index (χ4v) is 5.12. The summed E-state index contributed by atoms with van der Waals surface area (Å²) in [5.41, 5.74) is 1.73. The summed E-state index contributed by atoms with van der Waals surface area (Å²) in [6.45, 7) is 5.44. The number of thiophene rings is 1. The highest BCUT2D eigenvalue weighted by Gasteiger charge is 2.19. The molecule has 36 heavy (non-hydrogen) atoms. The van der Waals surface area contributed by atoms with Gasteiger partial charge < -0.3 is 18.4 Å². The number of benzene rings is 2. The first kappa shape index (κ1) is 24.0. The average Bonchev–Trinajstić information content (AvgIpc) is 3.49. The van der Waals surface area contributed by atoms with E-state index in [0.29, 0.717) is 43.9 Å². The van der Waals surface area contributed by atoms with Crippen LogP contribution in [0.25, 0.3) is 26.7 Å². The van der Waals surface area contributed by atoms with E-state index in [2.05, 4.69) is 14.9 Å². The van der Waals surface area contributed by atoms with Crippen molar-refractivity contribution in [1.29, 1.82) is 0 Å². The van der Waals surface area contributed by atoms with Crippen LogP contribution in [-0.4, -0.2) is 20.5 Å². The second-order valence-corrected chi connectivity index (χ2v) is 9.96. The third kappa shape index (κ3) is 4.59. The number of rotatable bonds is 7. The zero-order valence-corrected chi connectivity index (χ0v) is 21.1. The lowest BCUT2D eigenvalue weighted by molar-refractivity contribution is 0.436. The normalized spacial score (nSPS) is 11.2. The largest absolute Gasteiger partial charge is 0.452 e. The second-order valence-electron chi connectivity index (χ2n) is 7.86. The van der Waals surface area contributed by atoms with Crippen LogP contribution in [0.2, 0.25) is 0 Å². The lowest BCUT2D eigenvalue weighted by Gasteiger charge is -2.17. The van der Waals surface area contributed by atoms with Crippen LogP contribution in [-0.2, 0) is 0 Å². The Bertz CT molecular complexity index is 1640. The Hall–Kier alpha value is -3.70. The van der Waals surface area contributed by atoms with Gasteiger partial charge in [0.25, 0.3) is 5.89 Å². The van der Waals surface area contributed by atoms with Crippen LogP contribution >= 0.6 is 23.3 Å². The van der Waals surface area contributed by atoms with E-state index in [-0.39, 0.29) is 11.2 Å². The molecule has 5 aromatic rings. The highest BCUT2D eigenvalue weighted by molar-refractivity contribution is 8.00. The number of anilines is 1.